The van der Waals surface area contributed by atoms with Crippen LogP contribution in [0.4, 0.5) is 0 Å². The minimum atomic E-state index is -6.25. The van der Waals surface area contributed by atoms with Gasteiger partial charge in [-0.15, -0.1) is 25.7 Å². The lowest BCUT2D eigenvalue weighted by Gasteiger charge is -2.47. The Morgan fingerprint density at radius 1 is 0.559 bits per heavy atom. The summed E-state index contributed by atoms with van der Waals surface area (Å²) >= 11 is 0. The van der Waals surface area contributed by atoms with Crippen LogP contribution in [0.25, 0.3) is 0 Å². The van der Waals surface area contributed by atoms with E-state index in [4.69, 9.17) is 25.7 Å². The van der Waals surface area contributed by atoms with E-state index in [1.54, 1.807) is 13.8 Å². The lowest BCUT2D eigenvalue weighted by atomic mass is 9.77. The molecule has 68 heavy (non-hydrogen) atoms. The van der Waals surface area contributed by atoms with Gasteiger partial charge in [0.2, 0.25) is 0 Å². The van der Waals surface area contributed by atoms with Gasteiger partial charge in [0.1, 0.15) is 5.92 Å². The highest BCUT2D eigenvalue weighted by atomic mass is 32.1. The van der Waals surface area contributed by atoms with Crippen molar-refractivity contribution in [3.05, 3.63) is 0 Å². The first kappa shape index (κ1) is 58.5. The molecule has 1 N–H and O–H groups in total. The maximum Gasteiger partial charge on any atom is 0.319 e. The third-order valence-electron chi connectivity index (χ3n) is 8.49. The normalized spacial score (nSPS) is 17.1. The van der Waals surface area contributed by atoms with Gasteiger partial charge in [-0.05, 0) is 258 Å². The van der Waals surface area contributed by atoms with Gasteiger partial charge in [0.15, 0.2) is 0 Å². The third kappa shape index (κ3) is 23.8. The summed E-state index contributed by atoms with van der Waals surface area (Å²) in [5.41, 5.74) is -1.81. The predicted octanol–water partition coefficient (Wildman–Crippen LogP) is 1.68. The number of carboxylic acids is 1. The van der Waals surface area contributed by atoms with Gasteiger partial charge in [0.25, 0.3) is 7.06 Å². The van der Waals surface area contributed by atoms with Crippen molar-refractivity contribution in [2.45, 2.75) is 52.1 Å². The van der Waals surface area contributed by atoms with Crippen LogP contribution in [-0.2, 0) is 23.6 Å². The van der Waals surface area contributed by atoms with Crippen molar-refractivity contribution < 1.29 is 43.8 Å². The number of hydrogen-bond acceptors (Lipinski definition) is 8. The number of carbonyl (C=O) groups is 1. The topological polar surface area (TPSA) is 159 Å². The zero-order chi connectivity index (χ0) is 50.7. The second kappa shape index (κ2) is 36.9. The molecule has 0 saturated heterocycles. The molecule has 0 aromatic carbocycles. The fourth-order valence-electron chi connectivity index (χ4n) is 6.18. The molecule has 2 saturated carbocycles. The highest BCUT2D eigenvalue weighted by molar-refractivity contribution is 8.28. The summed E-state index contributed by atoms with van der Waals surface area (Å²) in [4.78, 5) is 37.9. The predicted molar refractivity (Wildman–Crippen MR) is 253 cm³/mol. The van der Waals surface area contributed by atoms with E-state index in [1.807, 2.05) is 6.92 Å². The molecule has 2 rings (SSSR count). The fraction of sp³-hybridized carbons (Fsp3) is 0.246. The zero-order valence-corrected chi connectivity index (χ0v) is 38.1. The summed E-state index contributed by atoms with van der Waals surface area (Å²) in [5, 5.41) is 24.8. The minimum Gasteiger partial charge on any atom is -0.804 e. The van der Waals surface area contributed by atoms with Crippen molar-refractivity contribution >= 4 is 20.3 Å². The van der Waals surface area contributed by atoms with Crippen molar-refractivity contribution in [2.24, 2.45) is 35.5 Å². The van der Waals surface area contributed by atoms with E-state index in [0.717, 1.165) is 0 Å². The lowest BCUT2D eigenvalue weighted by molar-refractivity contribution is -0.779. The Morgan fingerprint density at radius 2 is 0.926 bits per heavy atom. The van der Waals surface area contributed by atoms with Crippen LogP contribution >= 0.6 is 14.3 Å². The molecular weight excluding hydrogens is 891 g/mol. The Labute approximate surface area is 400 Å². The first-order valence-corrected chi connectivity index (χ1v) is 22.8. The second-order valence-corrected chi connectivity index (χ2v) is 18.2. The number of fused-ring (bicyclic) bond motifs is 1. The number of terminal acetylenes is 4. The molecule has 0 aromatic rings. The molecule has 324 valence electrons. The highest BCUT2D eigenvalue weighted by Gasteiger charge is 2.58. The summed E-state index contributed by atoms with van der Waals surface area (Å²) in [6.07, 6.45) is 20.2. The Kier molecular flexibility index (Phi) is 31.8. The SMILES string of the molecule is C#CC#CC#C.C#CC#CC#CC#CC#C.CC#CC#CC#CC#CC#CC#CC#CC1CCC2C(C)CCC(C(C#CC#CC#CC#CC#CC#CC)C(=O)O)C(P(=O)(OO[O-])P(=O)([O-])[O-])C12. The Morgan fingerprint density at radius 3 is 1.29 bits per heavy atom. The molecule has 0 amide bonds. The van der Waals surface area contributed by atoms with Gasteiger partial charge in [-0.2, -0.15) is 4.67 Å². The van der Waals surface area contributed by atoms with Crippen molar-refractivity contribution in [3.8, 4) is 251 Å². The van der Waals surface area contributed by atoms with Crippen LogP contribution in [0.1, 0.15) is 46.5 Å². The minimum absolute atomic E-state index is 0.0245. The largest absolute Gasteiger partial charge is 0.804 e. The van der Waals surface area contributed by atoms with E-state index >= 15 is 0 Å². The summed E-state index contributed by atoms with van der Waals surface area (Å²) < 4.78 is 31.1. The van der Waals surface area contributed by atoms with E-state index in [0.29, 0.717) is 19.3 Å². The van der Waals surface area contributed by atoms with Gasteiger partial charge in [0.05, 0.1) is 5.66 Å². The Bertz CT molecular complexity index is 3300. The van der Waals surface area contributed by atoms with E-state index in [1.165, 1.54) is 0 Å². The summed E-state index contributed by atoms with van der Waals surface area (Å²) in [5.74, 6) is 85.2. The summed E-state index contributed by atoms with van der Waals surface area (Å²) in [6, 6.07) is 0. The van der Waals surface area contributed by atoms with E-state index < -0.39 is 49.6 Å². The maximum absolute atomic E-state index is 14.1. The molecule has 0 bridgehead atoms. The average molecular weight is 920 g/mol. The highest BCUT2D eigenvalue weighted by Crippen LogP contribution is 2.80. The molecule has 2 aliphatic rings. The van der Waals surface area contributed by atoms with Crippen LogP contribution < -0.4 is 15.0 Å². The molecule has 9 nitrogen and oxygen atoms in total. The van der Waals surface area contributed by atoms with Gasteiger partial charge in [-0.1, -0.05) is 37.0 Å². The zero-order valence-electron chi connectivity index (χ0n) is 36.3. The standard InChI is InChI=1S/C41H28O9P2.C10H2.C6H2/c1-4-6-8-10-12-14-16-17-19-20-22-24-26-28-35-31-33-36-34(3)30-32-37(40(39(35)36)51(45,50-49-44)52(46,47)48)38(41(42)43)29-27-25-23-21-18-15-13-11-9-7-5-2;1-3-5-7-9-10-8-6-4-2;1-3-5-6-4-2/h34-40,44H,30-33H2,1-3H3,(H,42,43)(H2,46,47,48);1-2H;1-2H/p-3. The van der Waals surface area contributed by atoms with E-state index in [2.05, 4.69) is 235 Å². The van der Waals surface area contributed by atoms with E-state index in [9.17, 15) is 34.1 Å². The first-order chi connectivity index (χ1) is 32.9. The smallest absolute Gasteiger partial charge is 0.319 e. The number of rotatable bonds is 6. The molecule has 11 heteroatoms. The molecule has 2 fully saturated rings. The van der Waals surface area contributed by atoms with Gasteiger partial charge >= 0.3 is 5.97 Å². The molecule has 0 aliphatic heterocycles. The summed E-state index contributed by atoms with van der Waals surface area (Å²) in [7, 11) is -11.9. The van der Waals surface area contributed by atoms with Gasteiger partial charge in [-0.25, -0.2) is 0 Å². The lowest BCUT2D eigenvalue weighted by Crippen LogP contribution is -2.41. The maximum atomic E-state index is 14.1. The van der Waals surface area contributed by atoms with Crippen LogP contribution in [-0.4, -0.2) is 16.7 Å². The van der Waals surface area contributed by atoms with Gasteiger partial charge in [0, 0.05) is 13.2 Å². The van der Waals surface area contributed by atoms with Crippen LogP contribution in [0.3, 0.4) is 0 Å². The van der Waals surface area contributed by atoms with Gasteiger partial charge in [-0.3, -0.25) is 14.4 Å². The molecular formula is C57H29O9P2-3. The van der Waals surface area contributed by atoms with Crippen LogP contribution in [0.2, 0.25) is 0 Å². The molecule has 0 spiro atoms. The Hall–Kier alpha value is -9.51. The van der Waals surface area contributed by atoms with Crippen LogP contribution in [0.5, 0.6) is 0 Å². The molecule has 0 heterocycles. The molecule has 0 aromatic heterocycles. The number of hydrogen-bond donors (Lipinski definition) is 1. The van der Waals surface area contributed by atoms with Crippen LogP contribution in [0.15, 0.2) is 0 Å². The van der Waals surface area contributed by atoms with Gasteiger partial charge < -0.3 is 24.7 Å². The fourth-order valence-corrected chi connectivity index (χ4v) is 10.7. The molecule has 2 aliphatic carbocycles. The third-order valence-corrected chi connectivity index (χ3v) is 14.0. The second-order valence-electron chi connectivity index (χ2n) is 12.2. The quantitative estimate of drug-likeness (QED) is 0.181. The number of aliphatic carboxylic acids is 1. The number of carboxylic acid groups (broad SMARTS) is 1. The molecule has 0 radical (unpaired) electrons. The first-order valence-electron chi connectivity index (χ1n) is 18.9. The van der Waals surface area contributed by atoms with Crippen molar-refractivity contribution in [2.75, 3.05) is 0 Å². The van der Waals surface area contributed by atoms with Crippen molar-refractivity contribution in [1.82, 2.24) is 0 Å². The van der Waals surface area contributed by atoms with E-state index in [-0.39, 0.29) is 18.3 Å². The Balaban J connectivity index is 0.00000238. The molecule has 8 atom stereocenters. The average Bonchev–Trinajstić information content (AvgIpc) is 3.66. The molecule has 8 unspecified atom stereocenters. The van der Waals surface area contributed by atoms with Crippen LogP contribution in [0, 0.1) is 286 Å². The summed E-state index contributed by atoms with van der Waals surface area (Å²) in [6.45, 7) is 5.14. The van der Waals surface area contributed by atoms with Crippen molar-refractivity contribution in [3.63, 3.8) is 0 Å². The van der Waals surface area contributed by atoms with Crippen molar-refractivity contribution in [1.29, 1.82) is 0 Å². The monoisotopic (exact) mass is 919 g/mol.